The minimum absolute atomic E-state index is 0.174. The maximum Gasteiger partial charge on any atom is 0.358 e. The van der Waals surface area contributed by atoms with Crippen molar-refractivity contribution in [3.8, 4) is 5.69 Å². The molecule has 4 aromatic rings. The molecule has 1 N–H and O–H groups in total. The number of benzene rings is 3. The molecular weight excluding hydrogens is 366 g/mol. The third-order valence-electron chi connectivity index (χ3n) is 4.48. The Morgan fingerprint density at radius 3 is 2.48 bits per heavy atom. The molecular formula is C23H19N3O3. The van der Waals surface area contributed by atoms with E-state index in [1.54, 1.807) is 36.0 Å². The number of rotatable bonds is 5. The Morgan fingerprint density at radius 1 is 0.966 bits per heavy atom. The van der Waals surface area contributed by atoms with E-state index in [-0.39, 0.29) is 11.6 Å². The maximum absolute atomic E-state index is 12.6. The van der Waals surface area contributed by atoms with Crippen molar-refractivity contribution < 1.29 is 14.3 Å². The Labute approximate surface area is 167 Å². The number of amides is 1. The molecule has 0 saturated heterocycles. The Morgan fingerprint density at radius 2 is 1.72 bits per heavy atom. The molecule has 29 heavy (non-hydrogen) atoms. The number of carbonyl (C=O) groups is 2. The normalized spacial score (nSPS) is 10.7. The highest BCUT2D eigenvalue weighted by Crippen LogP contribution is 2.18. The summed E-state index contributed by atoms with van der Waals surface area (Å²) >= 11 is 0. The minimum atomic E-state index is -0.453. The Hall–Kier alpha value is -3.93. The topological polar surface area (TPSA) is 73.2 Å². The van der Waals surface area contributed by atoms with Crippen LogP contribution in [0.2, 0.25) is 0 Å². The van der Waals surface area contributed by atoms with Crippen molar-refractivity contribution in [3.05, 3.63) is 90.3 Å². The second-order valence-corrected chi connectivity index (χ2v) is 6.43. The third kappa shape index (κ3) is 4.01. The van der Waals surface area contributed by atoms with Gasteiger partial charge < -0.3 is 10.1 Å². The Balaban J connectivity index is 1.47. The van der Waals surface area contributed by atoms with Crippen molar-refractivity contribution in [2.24, 2.45) is 0 Å². The van der Waals surface area contributed by atoms with E-state index in [0.29, 0.717) is 17.9 Å². The van der Waals surface area contributed by atoms with Crippen molar-refractivity contribution >= 4 is 28.3 Å². The molecule has 0 unspecified atom stereocenters. The number of hydrogen-bond donors (Lipinski definition) is 1. The van der Waals surface area contributed by atoms with Gasteiger partial charge in [0, 0.05) is 17.4 Å². The standard InChI is InChI=1S/C23H19N3O3/c1-2-29-23(28)21-13-14-26(25-21)20-11-9-19(10-12-20)24-22(27)18-8-7-16-5-3-4-6-17(16)15-18/h3-15H,2H2,1H3,(H,24,27). The van der Waals surface area contributed by atoms with Gasteiger partial charge in [-0.15, -0.1) is 0 Å². The van der Waals surface area contributed by atoms with Crippen LogP contribution in [0.3, 0.4) is 0 Å². The summed E-state index contributed by atoms with van der Waals surface area (Å²) in [5.41, 5.74) is 2.29. The summed E-state index contributed by atoms with van der Waals surface area (Å²) in [6.07, 6.45) is 1.69. The number of esters is 1. The summed E-state index contributed by atoms with van der Waals surface area (Å²) < 4.78 is 6.53. The zero-order valence-corrected chi connectivity index (χ0v) is 15.8. The van der Waals surface area contributed by atoms with Crippen molar-refractivity contribution in [1.82, 2.24) is 9.78 Å². The summed E-state index contributed by atoms with van der Waals surface area (Å²) in [4.78, 5) is 24.3. The summed E-state index contributed by atoms with van der Waals surface area (Å²) in [5, 5.41) is 9.23. The fourth-order valence-electron chi connectivity index (χ4n) is 3.01. The van der Waals surface area contributed by atoms with E-state index < -0.39 is 5.97 Å². The van der Waals surface area contributed by atoms with Gasteiger partial charge in [-0.3, -0.25) is 4.79 Å². The van der Waals surface area contributed by atoms with Crippen LogP contribution in [0.1, 0.15) is 27.8 Å². The fraction of sp³-hybridized carbons (Fsp3) is 0.0870. The lowest BCUT2D eigenvalue weighted by molar-refractivity contribution is 0.0519. The lowest BCUT2D eigenvalue weighted by Crippen LogP contribution is -2.11. The molecule has 1 amide bonds. The first kappa shape index (κ1) is 18.4. The van der Waals surface area contributed by atoms with Crippen LogP contribution in [-0.2, 0) is 4.74 Å². The first-order valence-electron chi connectivity index (χ1n) is 9.27. The molecule has 0 aliphatic rings. The summed E-state index contributed by atoms with van der Waals surface area (Å²) in [6, 6.07) is 22.4. The molecule has 1 heterocycles. The van der Waals surface area contributed by atoms with E-state index in [9.17, 15) is 9.59 Å². The Kier molecular flexibility index (Phi) is 5.07. The summed E-state index contributed by atoms with van der Waals surface area (Å²) in [6.45, 7) is 2.05. The number of anilines is 1. The van der Waals surface area contributed by atoms with Gasteiger partial charge in [0.05, 0.1) is 12.3 Å². The SMILES string of the molecule is CCOC(=O)c1ccn(-c2ccc(NC(=O)c3ccc4ccccc4c3)cc2)n1. The van der Waals surface area contributed by atoms with Crippen LogP contribution in [0.5, 0.6) is 0 Å². The van der Waals surface area contributed by atoms with Gasteiger partial charge in [-0.1, -0.05) is 30.3 Å². The lowest BCUT2D eigenvalue weighted by atomic mass is 10.1. The van der Waals surface area contributed by atoms with Gasteiger partial charge in [0.1, 0.15) is 0 Å². The third-order valence-corrected chi connectivity index (χ3v) is 4.48. The van der Waals surface area contributed by atoms with Crippen molar-refractivity contribution in [2.75, 3.05) is 11.9 Å². The number of hydrogen-bond acceptors (Lipinski definition) is 4. The highest BCUT2D eigenvalue weighted by Gasteiger charge is 2.11. The maximum atomic E-state index is 12.6. The molecule has 4 rings (SSSR count). The van der Waals surface area contributed by atoms with Crippen LogP contribution in [0.15, 0.2) is 79.0 Å². The van der Waals surface area contributed by atoms with Crippen LogP contribution in [-0.4, -0.2) is 28.3 Å². The van der Waals surface area contributed by atoms with Crippen LogP contribution in [0.4, 0.5) is 5.69 Å². The predicted molar refractivity (Wildman–Crippen MR) is 111 cm³/mol. The monoisotopic (exact) mass is 385 g/mol. The van der Waals surface area contributed by atoms with Crippen molar-refractivity contribution in [1.29, 1.82) is 0 Å². The van der Waals surface area contributed by atoms with E-state index in [4.69, 9.17) is 4.74 Å². The average molecular weight is 385 g/mol. The van der Waals surface area contributed by atoms with E-state index in [1.165, 1.54) is 0 Å². The molecule has 0 aliphatic heterocycles. The van der Waals surface area contributed by atoms with Crippen LogP contribution >= 0.6 is 0 Å². The number of fused-ring (bicyclic) bond motifs is 1. The van der Waals surface area contributed by atoms with Gasteiger partial charge in [-0.2, -0.15) is 5.10 Å². The average Bonchev–Trinajstić information content (AvgIpc) is 3.24. The highest BCUT2D eigenvalue weighted by molar-refractivity contribution is 6.06. The molecule has 0 fully saturated rings. The van der Waals surface area contributed by atoms with Gasteiger partial charge in [0.2, 0.25) is 0 Å². The molecule has 0 spiro atoms. The van der Waals surface area contributed by atoms with Crippen molar-refractivity contribution in [2.45, 2.75) is 6.92 Å². The largest absolute Gasteiger partial charge is 0.461 e. The molecule has 0 saturated carbocycles. The van der Waals surface area contributed by atoms with Crippen LogP contribution in [0.25, 0.3) is 16.5 Å². The second-order valence-electron chi connectivity index (χ2n) is 6.43. The molecule has 6 heteroatoms. The number of carbonyl (C=O) groups excluding carboxylic acids is 2. The quantitative estimate of drug-likeness (QED) is 0.515. The number of nitrogens with zero attached hydrogens (tertiary/aromatic N) is 2. The molecule has 1 aromatic heterocycles. The molecule has 3 aromatic carbocycles. The molecule has 0 bridgehead atoms. The minimum Gasteiger partial charge on any atom is -0.461 e. The van der Waals surface area contributed by atoms with Crippen LogP contribution in [0, 0.1) is 0 Å². The number of ether oxygens (including phenoxy) is 1. The highest BCUT2D eigenvalue weighted by atomic mass is 16.5. The molecule has 0 atom stereocenters. The smallest absolute Gasteiger partial charge is 0.358 e. The number of aromatic nitrogens is 2. The molecule has 6 nitrogen and oxygen atoms in total. The zero-order chi connectivity index (χ0) is 20.2. The van der Waals surface area contributed by atoms with Gasteiger partial charge in [0.25, 0.3) is 5.91 Å². The first-order valence-corrected chi connectivity index (χ1v) is 9.27. The summed E-state index contributed by atoms with van der Waals surface area (Å²) in [5.74, 6) is -0.627. The van der Waals surface area contributed by atoms with Gasteiger partial charge in [0.15, 0.2) is 5.69 Å². The van der Waals surface area contributed by atoms with E-state index in [0.717, 1.165) is 16.5 Å². The van der Waals surface area contributed by atoms with E-state index >= 15 is 0 Å². The Bertz CT molecular complexity index is 1180. The first-order chi connectivity index (χ1) is 14.1. The van der Waals surface area contributed by atoms with Crippen molar-refractivity contribution in [3.63, 3.8) is 0 Å². The molecule has 144 valence electrons. The molecule has 0 radical (unpaired) electrons. The van der Waals surface area contributed by atoms with Gasteiger partial charge >= 0.3 is 5.97 Å². The second kappa shape index (κ2) is 7.98. The summed E-state index contributed by atoms with van der Waals surface area (Å²) in [7, 11) is 0. The fourth-order valence-corrected chi connectivity index (χ4v) is 3.01. The predicted octanol–water partition coefficient (Wildman–Crippen LogP) is 4.45. The molecule has 0 aliphatic carbocycles. The van der Waals surface area contributed by atoms with E-state index in [2.05, 4.69) is 10.4 Å². The lowest BCUT2D eigenvalue weighted by Gasteiger charge is -2.08. The zero-order valence-electron chi connectivity index (χ0n) is 15.8. The van der Waals surface area contributed by atoms with E-state index in [1.807, 2.05) is 54.6 Å². The number of nitrogens with one attached hydrogen (secondary N) is 1. The van der Waals surface area contributed by atoms with Gasteiger partial charge in [-0.05, 0) is 60.2 Å². The van der Waals surface area contributed by atoms with Gasteiger partial charge in [-0.25, -0.2) is 9.48 Å². The van der Waals surface area contributed by atoms with Crippen LogP contribution < -0.4 is 5.32 Å².